The van der Waals surface area contributed by atoms with Crippen LogP contribution in [0.5, 0.6) is 0 Å². The number of aliphatic hydroxyl groups is 1. The molecule has 0 bridgehead atoms. The van der Waals surface area contributed by atoms with Crippen LogP contribution in [0.2, 0.25) is 5.02 Å². The molecular formula is C31H28ClN3O3S2. The van der Waals surface area contributed by atoms with Crippen LogP contribution >= 0.6 is 34.7 Å². The van der Waals surface area contributed by atoms with Gasteiger partial charge in [0.05, 0.1) is 11.6 Å². The highest BCUT2D eigenvalue weighted by Crippen LogP contribution is 2.44. The molecule has 1 N–H and O–H groups in total. The molecule has 1 fully saturated rings. The first kappa shape index (κ1) is 28.1. The molecule has 0 aliphatic carbocycles. The van der Waals surface area contributed by atoms with E-state index in [9.17, 15) is 14.7 Å². The van der Waals surface area contributed by atoms with Gasteiger partial charge in [0, 0.05) is 16.3 Å². The van der Waals surface area contributed by atoms with Crippen molar-refractivity contribution >= 4 is 57.3 Å². The van der Waals surface area contributed by atoms with Gasteiger partial charge in [0.1, 0.15) is 5.76 Å². The van der Waals surface area contributed by atoms with Crippen LogP contribution in [-0.2, 0) is 20.8 Å². The maximum atomic E-state index is 13.5. The van der Waals surface area contributed by atoms with Crippen molar-refractivity contribution in [2.45, 2.75) is 49.2 Å². The van der Waals surface area contributed by atoms with Crippen molar-refractivity contribution in [2.24, 2.45) is 0 Å². The van der Waals surface area contributed by atoms with Crippen LogP contribution in [0.4, 0.5) is 5.13 Å². The van der Waals surface area contributed by atoms with Gasteiger partial charge in [0.15, 0.2) is 4.34 Å². The number of amides is 1. The van der Waals surface area contributed by atoms with Crippen LogP contribution in [0.15, 0.2) is 82.7 Å². The fraction of sp³-hybridized carbons (Fsp3) is 0.226. The Bertz CT molecular complexity index is 1590. The van der Waals surface area contributed by atoms with E-state index < -0.39 is 17.7 Å². The van der Waals surface area contributed by atoms with E-state index in [1.165, 1.54) is 28.0 Å². The van der Waals surface area contributed by atoms with E-state index >= 15 is 0 Å². The normalized spacial score (nSPS) is 17.0. The second kappa shape index (κ2) is 11.2. The summed E-state index contributed by atoms with van der Waals surface area (Å²) in [5, 5.41) is 20.9. The van der Waals surface area contributed by atoms with Gasteiger partial charge in [-0.15, -0.1) is 10.2 Å². The number of anilines is 1. The molecule has 1 aliphatic heterocycles. The van der Waals surface area contributed by atoms with Crippen LogP contribution in [0.1, 0.15) is 54.6 Å². The summed E-state index contributed by atoms with van der Waals surface area (Å²) in [7, 11) is 0. The van der Waals surface area contributed by atoms with Crippen molar-refractivity contribution in [3.05, 3.63) is 111 Å². The van der Waals surface area contributed by atoms with Crippen LogP contribution in [0.3, 0.4) is 0 Å². The molecule has 4 aromatic rings. The minimum Gasteiger partial charge on any atom is -0.507 e. The molecule has 3 aromatic carbocycles. The van der Waals surface area contributed by atoms with Gasteiger partial charge < -0.3 is 5.11 Å². The van der Waals surface area contributed by atoms with Crippen LogP contribution in [0, 0.1) is 6.92 Å². The van der Waals surface area contributed by atoms with Gasteiger partial charge in [-0.2, -0.15) is 0 Å². The van der Waals surface area contributed by atoms with Gasteiger partial charge >= 0.3 is 5.91 Å². The molecule has 1 unspecified atom stereocenters. The average molecular weight is 590 g/mol. The van der Waals surface area contributed by atoms with Crippen molar-refractivity contribution < 1.29 is 14.7 Å². The average Bonchev–Trinajstić information content (AvgIpc) is 3.50. The standard InChI is InChI=1S/C31H28ClN3O3S2/c1-18-5-9-21(10-6-18)26(36)24-25(20-11-13-22(14-12-20)31(2,3)4)35(28(38)27(24)37)29-33-34-30(40-29)39-17-19-7-15-23(32)16-8-19/h5-16,25,36H,17H2,1-4H3/b26-24-. The SMILES string of the molecule is Cc1ccc(/C(O)=C2/C(=O)C(=O)N(c3nnc(SCc4ccc(Cl)cc4)s3)C2c2ccc(C(C)(C)C)cc2)cc1. The Morgan fingerprint density at radius 2 is 1.62 bits per heavy atom. The molecule has 204 valence electrons. The van der Waals surface area contributed by atoms with Crippen molar-refractivity contribution in [1.82, 2.24) is 10.2 Å². The number of hydrogen-bond acceptors (Lipinski definition) is 7. The summed E-state index contributed by atoms with van der Waals surface area (Å²) in [5.41, 5.74) is 4.33. The summed E-state index contributed by atoms with van der Waals surface area (Å²) in [4.78, 5) is 28.3. The van der Waals surface area contributed by atoms with E-state index in [0.717, 1.165) is 16.7 Å². The quantitative estimate of drug-likeness (QED) is 0.0815. The molecule has 0 spiro atoms. The van der Waals surface area contributed by atoms with E-state index in [1.54, 1.807) is 12.1 Å². The van der Waals surface area contributed by atoms with Gasteiger partial charge in [-0.05, 0) is 41.2 Å². The Hall–Kier alpha value is -3.46. The minimum absolute atomic E-state index is 0.0305. The number of hydrogen-bond donors (Lipinski definition) is 1. The summed E-state index contributed by atoms with van der Waals surface area (Å²) in [6.45, 7) is 8.30. The van der Waals surface area contributed by atoms with E-state index in [2.05, 4.69) is 31.0 Å². The fourth-order valence-corrected chi connectivity index (χ4v) is 6.41. The van der Waals surface area contributed by atoms with Crippen LogP contribution in [-0.4, -0.2) is 27.0 Å². The molecule has 6 nitrogen and oxygen atoms in total. The van der Waals surface area contributed by atoms with E-state index in [4.69, 9.17) is 11.6 Å². The molecule has 1 atom stereocenters. The van der Waals surface area contributed by atoms with Crippen molar-refractivity contribution in [3.63, 3.8) is 0 Å². The molecule has 9 heteroatoms. The van der Waals surface area contributed by atoms with E-state index in [1.807, 2.05) is 67.6 Å². The second-order valence-corrected chi connectivity index (χ2v) is 13.3. The summed E-state index contributed by atoms with van der Waals surface area (Å²) in [6.07, 6.45) is 0. The third-order valence-corrected chi connectivity index (χ3v) is 9.12. The molecule has 0 saturated carbocycles. The molecule has 40 heavy (non-hydrogen) atoms. The molecule has 1 amide bonds. The highest BCUT2D eigenvalue weighted by molar-refractivity contribution is 8.00. The number of benzene rings is 3. The topological polar surface area (TPSA) is 83.4 Å². The number of rotatable bonds is 6. The number of thioether (sulfide) groups is 1. The molecule has 2 heterocycles. The first-order valence-corrected chi connectivity index (χ1v) is 14.9. The zero-order chi connectivity index (χ0) is 28.6. The summed E-state index contributed by atoms with van der Waals surface area (Å²) >= 11 is 8.72. The zero-order valence-corrected chi connectivity index (χ0v) is 24.9. The zero-order valence-electron chi connectivity index (χ0n) is 22.5. The largest absolute Gasteiger partial charge is 0.507 e. The van der Waals surface area contributed by atoms with E-state index in [-0.39, 0.29) is 16.7 Å². The highest BCUT2D eigenvalue weighted by Gasteiger charge is 2.48. The Labute approximate surface area is 246 Å². The number of aryl methyl sites for hydroxylation is 1. The molecule has 5 rings (SSSR count). The van der Waals surface area contributed by atoms with Gasteiger partial charge in [-0.3, -0.25) is 14.5 Å². The number of aromatic nitrogens is 2. The lowest BCUT2D eigenvalue weighted by molar-refractivity contribution is -0.132. The smallest absolute Gasteiger partial charge is 0.301 e. The molecule has 0 radical (unpaired) electrons. The number of Topliss-reactive ketones (excluding diaryl/α,β-unsaturated/α-hetero) is 1. The fourth-order valence-electron chi connectivity index (χ4n) is 4.46. The first-order valence-electron chi connectivity index (χ1n) is 12.7. The Kier molecular flexibility index (Phi) is 7.86. The Morgan fingerprint density at radius 3 is 2.25 bits per heavy atom. The minimum atomic E-state index is -0.850. The monoisotopic (exact) mass is 589 g/mol. The van der Waals surface area contributed by atoms with E-state index in [0.29, 0.717) is 31.4 Å². The number of carbonyl (C=O) groups is 2. The Morgan fingerprint density at radius 1 is 0.975 bits per heavy atom. The van der Waals surface area contributed by atoms with Crippen LogP contribution < -0.4 is 4.90 Å². The number of carbonyl (C=O) groups excluding carboxylic acids is 2. The first-order chi connectivity index (χ1) is 19.0. The number of aliphatic hydroxyl groups excluding tert-OH is 1. The molecular weight excluding hydrogens is 562 g/mol. The third kappa shape index (κ3) is 5.70. The predicted octanol–water partition coefficient (Wildman–Crippen LogP) is 7.72. The van der Waals surface area contributed by atoms with Gasteiger partial charge in [-0.25, -0.2) is 0 Å². The lowest BCUT2D eigenvalue weighted by atomic mass is 9.85. The van der Waals surface area contributed by atoms with Crippen molar-refractivity contribution in [1.29, 1.82) is 0 Å². The van der Waals surface area contributed by atoms with Gasteiger partial charge in [0.25, 0.3) is 5.78 Å². The van der Waals surface area contributed by atoms with Crippen molar-refractivity contribution in [2.75, 3.05) is 4.90 Å². The summed E-state index contributed by atoms with van der Waals surface area (Å²) < 4.78 is 0.659. The van der Waals surface area contributed by atoms with Gasteiger partial charge in [0.2, 0.25) is 5.13 Å². The number of halogens is 1. The lowest BCUT2D eigenvalue weighted by Crippen LogP contribution is -2.29. The maximum Gasteiger partial charge on any atom is 0.301 e. The number of ketones is 1. The Balaban J connectivity index is 1.54. The second-order valence-electron chi connectivity index (χ2n) is 10.7. The lowest BCUT2D eigenvalue weighted by Gasteiger charge is -2.24. The third-order valence-electron chi connectivity index (χ3n) is 6.74. The van der Waals surface area contributed by atoms with Crippen molar-refractivity contribution in [3.8, 4) is 0 Å². The summed E-state index contributed by atoms with van der Waals surface area (Å²) in [6, 6.07) is 21.7. The predicted molar refractivity (Wildman–Crippen MR) is 162 cm³/mol. The number of nitrogens with zero attached hydrogens (tertiary/aromatic N) is 3. The molecule has 1 saturated heterocycles. The van der Waals surface area contributed by atoms with Gasteiger partial charge in [-0.1, -0.05) is 122 Å². The molecule has 1 aromatic heterocycles. The maximum absolute atomic E-state index is 13.5. The summed E-state index contributed by atoms with van der Waals surface area (Å²) in [5.74, 6) is -1.07. The highest BCUT2D eigenvalue weighted by atomic mass is 35.5. The van der Waals surface area contributed by atoms with Crippen LogP contribution in [0.25, 0.3) is 5.76 Å². The molecule has 1 aliphatic rings.